The van der Waals surface area contributed by atoms with Gasteiger partial charge >= 0.3 is 0 Å². The van der Waals surface area contributed by atoms with E-state index in [9.17, 15) is 9.18 Å². The first-order valence-electron chi connectivity index (χ1n) is 6.89. The first-order chi connectivity index (χ1) is 9.48. The molecular formula is C15H18FN3O. The number of amides is 1. The van der Waals surface area contributed by atoms with Crippen molar-refractivity contribution < 1.29 is 9.18 Å². The molecule has 3 heterocycles. The molecule has 1 aliphatic rings. The van der Waals surface area contributed by atoms with Gasteiger partial charge in [0.05, 0.1) is 6.20 Å². The van der Waals surface area contributed by atoms with Crippen LogP contribution >= 0.6 is 0 Å². The van der Waals surface area contributed by atoms with Crippen LogP contribution in [0.1, 0.15) is 35.9 Å². The first-order valence-corrected chi connectivity index (χ1v) is 6.89. The van der Waals surface area contributed by atoms with Gasteiger partial charge in [0.1, 0.15) is 17.0 Å². The van der Waals surface area contributed by atoms with Crippen LogP contribution in [-0.4, -0.2) is 39.0 Å². The van der Waals surface area contributed by atoms with Gasteiger partial charge in [0.15, 0.2) is 0 Å². The zero-order valence-corrected chi connectivity index (χ0v) is 11.8. The van der Waals surface area contributed by atoms with Crippen molar-refractivity contribution in [3.63, 3.8) is 0 Å². The summed E-state index contributed by atoms with van der Waals surface area (Å²) in [6.07, 6.45) is 2.40. The van der Waals surface area contributed by atoms with Gasteiger partial charge in [-0.05, 0) is 38.8 Å². The van der Waals surface area contributed by atoms with Gasteiger partial charge in [0, 0.05) is 18.8 Å². The minimum Gasteiger partial charge on any atom is -0.337 e. The lowest BCUT2D eigenvalue weighted by Gasteiger charge is -2.34. The molecule has 0 aliphatic carbocycles. The molecule has 0 unspecified atom stereocenters. The minimum absolute atomic E-state index is 0.0673. The van der Waals surface area contributed by atoms with Crippen LogP contribution < -0.4 is 0 Å². The van der Waals surface area contributed by atoms with E-state index < -0.39 is 5.67 Å². The van der Waals surface area contributed by atoms with Crippen molar-refractivity contribution in [3.8, 4) is 0 Å². The number of halogens is 1. The van der Waals surface area contributed by atoms with Crippen LogP contribution in [0, 0.1) is 6.92 Å². The third-order valence-electron chi connectivity index (χ3n) is 4.04. The number of alkyl halides is 1. The maximum atomic E-state index is 13.8. The molecular weight excluding hydrogens is 257 g/mol. The first kappa shape index (κ1) is 13.1. The van der Waals surface area contributed by atoms with Gasteiger partial charge in [0.2, 0.25) is 0 Å². The number of likely N-dealkylation sites (tertiary alicyclic amines) is 1. The SMILES string of the molecule is Cc1cccc2ncc(C(=O)N3CCC(C)(F)CC3)n12. The van der Waals surface area contributed by atoms with Crippen LogP contribution in [0.3, 0.4) is 0 Å². The largest absolute Gasteiger partial charge is 0.337 e. The summed E-state index contributed by atoms with van der Waals surface area (Å²) >= 11 is 0. The molecule has 1 fully saturated rings. The molecule has 2 aromatic heterocycles. The van der Waals surface area contributed by atoms with Crippen molar-refractivity contribution in [2.75, 3.05) is 13.1 Å². The Bertz CT molecular complexity index is 652. The zero-order valence-electron chi connectivity index (χ0n) is 11.8. The molecule has 3 rings (SSSR count). The lowest BCUT2D eigenvalue weighted by molar-refractivity contribution is 0.0498. The lowest BCUT2D eigenvalue weighted by atomic mass is 9.95. The van der Waals surface area contributed by atoms with Gasteiger partial charge in [0.25, 0.3) is 5.91 Å². The number of rotatable bonds is 1. The standard InChI is InChI=1S/C15H18FN3O/c1-11-4-3-5-13-17-10-12(19(11)13)14(20)18-8-6-15(2,16)7-9-18/h3-5,10H,6-9H2,1-2H3. The Kier molecular flexibility index (Phi) is 3.00. The second-order valence-electron chi connectivity index (χ2n) is 5.71. The van der Waals surface area contributed by atoms with Gasteiger partial charge in [-0.1, -0.05) is 6.07 Å². The Morgan fingerprint density at radius 2 is 2.05 bits per heavy atom. The van der Waals surface area contributed by atoms with E-state index in [0.29, 0.717) is 31.6 Å². The molecule has 0 aromatic carbocycles. The number of carbonyl (C=O) groups excluding carboxylic acids is 1. The highest BCUT2D eigenvalue weighted by Gasteiger charge is 2.32. The molecule has 0 N–H and O–H groups in total. The van der Waals surface area contributed by atoms with Crippen LogP contribution in [0.25, 0.3) is 5.65 Å². The van der Waals surface area contributed by atoms with Crippen molar-refractivity contribution in [1.82, 2.24) is 14.3 Å². The summed E-state index contributed by atoms with van der Waals surface area (Å²) in [6.45, 7) is 4.48. The summed E-state index contributed by atoms with van der Waals surface area (Å²) in [6, 6.07) is 5.74. The van der Waals surface area contributed by atoms with E-state index in [1.54, 1.807) is 18.0 Å². The molecule has 1 amide bonds. The molecule has 0 bridgehead atoms. The maximum Gasteiger partial charge on any atom is 0.272 e. The topological polar surface area (TPSA) is 37.6 Å². The Morgan fingerprint density at radius 3 is 2.75 bits per heavy atom. The normalized spacial score (nSPS) is 18.4. The molecule has 0 radical (unpaired) electrons. The van der Waals surface area contributed by atoms with E-state index in [1.165, 1.54) is 0 Å². The number of imidazole rings is 1. The number of carbonyl (C=O) groups is 1. The number of aryl methyl sites for hydroxylation is 1. The molecule has 1 saturated heterocycles. The van der Waals surface area contributed by atoms with E-state index in [0.717, 1.165) is 11.3 Å². The Labute approximate surface area is 117 Å². The molecule has 0 spiro atoms. The highest BCUT2D eigenvalue weighted by Crippen LogP contribution is 2.26. The van der Waals surface area contributed by atoms with Crippen LogP contribution in [0.5, 0.6) is 0 Å². The van der Waals surface area contributed by atoms with Gasteiger partial charge in [-0.3, -0.25) is 9.20 Å². The number of piperidine rings is 1. The number of fused-ring (bicyclic) bond motifs is 1. The highest BCUT2D eigenvalue weighted by molar-refractivity contribution is 5.93. The summed E-state index contributed by atoms with van der Waals surface area (Å²) in [5.41, 5.74) is 1.14. The van der Waals surface area contributed by atoms with Crippen LogP contribution in [0.2, 0.25) is 0 Å². The van der Waals surface area contributed by atoms with Gasteiger partial charge < -0.3 is 4.90 Å². The highest BCUT2D eigenvalue weighted by atomic mass is 19.1. The molecule has 2 aromatic rings. The summed E-state index contributed by atoms with van der Waals surface area (Å²) in [5, 5.41) is 0. The van der Waals surface area contributed by atoms with Crippen molar-refractivity contribution >= 4 is 11.6 Å². The quantitative estimate of drug-likeness (QED) is 0.802. The van der Waals surface area contributed by atoms with Gasteiger partial charge in [-0.25, -0.2) is 9.37 Å². The fourth-order valence-electron chi connectivity index (χ4n) is 2.69. The van der Waals surface area contributed by atoms with E-state index in [-0.39, 0.29) is 5.91 Å². The number of pyridine rings is 1. The molecule has 106 valence electrons. The maximum absolute atomic E-state index is 13.8. The second kappa shape index (κ2) is 4.58. The predicted octanol–water partition coefficient (Wildman–Crippen LogP) is 2.61. The van der Waals surface area contributed by atoms with E-state index in [4.69, 9.17) is 0 Å². The second-order valence-corrected chi connectivity index (χ2v) is 5.71. The molecule has 20 heavy (non-hydrogen) atoms. The van der Waals surface area contributed by atoms with Crippen molar-refractivity contribution in [3.05, 3.63) is 35.8 Å². The summed E-state index contributed by atoms with van der Waals surface area (Å²) < 4.78 is 15.7. The fourth-order valence-corrected chi connectivity index (χ4v) is 2.69. The van der Waals surface area contributed by atoms with Gasteiger partial charge in [-0.15, -0.1) is 0 Å². The van der Waals surface area contributed by atoms with Crippen molar-refractivity contribution in [2.24, 2.45) is 0 Å². The minimum atomic E-state index is -1.15. The lowest BCUT2D eigenvalue weighted by Crippen LogP contribution is -2.43. The average Bonchev–Trinajstić information content (AvgIpc) is 2.83. The third-order valence-corrected chi connectivity index (χ3v) is 4.04. The number of hydrogen-bond acceptors (Lipinski definition) is 2. The van der Waals surface area contributed by atoms with E-state index in [1.807, 2.05) is 29.5 Å². The van der Waals surface area contributed by atoms with Crippen molar-refractivity contribution in [1.29, 1.82) is 0 Å². The van der Waals surface area contributed by atoms with Gasteiger partial charge in [-0.2, -0.15) is 0 Å². The molecule has 4 nitrogen and oxygen atoms in total. The summed E-state index contributed by atoms with van der Waals surface area (Å²) in [4.78, 5) is 18.6. The number of aromatic nitrogens is 2. The summed E-state index contributed by atoms with van der Waals surface area (Å²) in [7, 11) is 0. The third kappa shape index (κ3) is 2.17. The molecule has 5 heteroatoms. The van der Waals surface area contributed by atoms with Crippen LogP contribution in [0.15, 0.2) is 24.4 Å². The Balaban J connectivity index is 1.90. The van der Waals surface area contributed by atoms with E-state index >= 15 is 0 Å². The monoisotopic (exact) mass is 275 g/mol. The smallest absolute Gasteiger partial charge is 0.272 e. The molecule has 0 atom stereocenters. The molecule has 1 aliphatic heterocycles. The van der Waals surface area contributed by atoms with Crippen molar-refractivity contribution in [2.45, 2.75) is 32.4 Å². The fraction of sp³-hybridized carbons (Fsp3) is 0.467. The summed E-state index contributed by atoms with van der Waals surface area (Å²) in [5.74, 6) is -0.0673. The Hall–Kier alpha value is -1.91. The Morgan fingerprint density at radius 1 is 1.35 bits per heavy atom. The van der Waals surface area contributed by atoms with Crippen LogP contribution in [0.4, 0.5) is 4.39 Å². The van der Waals surface area contributed by atoms with Crippen LogP contribution in [-0.2, 0) is 0 Å². The molecule has 0 saturated carbocycles. The zero-order chi connectivity index (χ0) is 14.3. The predicted molar refractivity (Wildman–Crippen MR) is 74.6 cm³/mol. The average molecular weight is 275 g/mol. The number of hydrogen-bond donors (Lipinski definition) is 0. The number of nitrogens with zero attached hydrogens (tertiary/aromatic N) is 3. The van der Waals surface area contributed by atoms with E-state index in [2.05, 4.69) is 4.98 Å².